The van der Waals surface area contributed by atoms with E-state index in [1.807, 2.05) is 44.6 Å². The summed E-state index contributed by atoms with van der Waals surface area (Å²) in [6.07, 6.45) is 3.83. The maximum atomic E-state index is 10.2. The van der Waals surface area contributed by atoms with Crippen LogP contribution in [-0.2, 0) is 6.54 Å². The van der Waals surface area contributed by atoms with Crippen molar-refractivity contribution in [2.75, 3.05) is 37.4 Å². The van der Waals surface area contributed by atoms with Crippen molar-refractivity contribution < 1.29 is 5.11 Å². The zero-order chi connectivity index (χ0) is 20.2. The molecule has 3 heterocycles. The van der Waals surface area contributed by atoms with Crippen molar-refractivity contribution in [2.24, 2.45) is 0 Å². The summed E-state index contributed by atoms with van der Waals surface area (Å²) < 4.78 is 0. The lowest BCUT2D eigenvalue weighted by Gasteiger charge is -2.27. The maximum Gasteiger partial charge on any atom is 0.134 e. The summed E-state index contributed by atoms with van der Waals surface area (Å²) in [5.41, 5.74) is 3.17. The largest absolute Gasteiger partial charge is 0.391 e. The highest BCUT2D eigenvalue weighted by Gasteiger charge is 2.32. The molecule has 8 heteroatoms. The van der Waals surface area contributed by atoms with Crippen molar-refractivity contribution in [1.29, 1.82) is 0 Å². The van der Waals surface area contributed by atoms with Gasteiger partial charge >= 0.3 is 0 Å². The number of H-pyrrole nitrogens is 1. The summed E-state index contributed by atoms with van der Waals surface area (Å²) in [5.74, 6) is 1.58. The third-order valence-corrected chi connectivity index (χ3v) is 5.16. The number of anilines is 2. The van der Waals surface area contributed by atoms with Gasteiger partial charge < -0.3 is 20.2 Å². The monoisotopic (exact) mass is 393 g/mol. The first-order valence-corrected chi connectivity index (χ1v) is 9.83. The number of nitrogens with zero attached hydrogens (tertiary/aromatic N) is 5. The molecule has 4 rings (SSSR count). The number of aliphatic hydroxyl groups excluding tert-OH is 1. The molecule has 2 aromatic heterocycles. The second kappa shape index (κ2) is 8.59. The summed E-state index contributed by atoms with van der Waals surface area (Å²) in [6, 6.07) is 12.3. The molecule has 1 aliphatic rings. The Kier molecular flexibility index (Phi) is 5.73. The Hall–Kier alpha value is -2.97. The van der Waals surface area contributed by atoms with E-state index in [9.17, 15) is 5.11 Å². The molecule has 1 aliphatic heterocycles. The van der Waals surface area contributed by atoms with Crippen molar-refractivity contribution in [3.8, 4) is 11.3 Å². The fourth-order valence-electron chi connectivity index (χ4n) is 3.85. The molecule has 29 heavy (non-hydrogen) atoms. The van der Waals surface area contributed by atoms with Crippen LogP contribution in [0.1, 0.15) is 12.0 Å². The second-order valence-electron chi connectivity index (χ2n) is 7.71. The minimum atomic E-state index is -0.328. The van der Waals surface area contributed by atoms with Crippen LogP contribution in [0.3, 0.4) is 0 Å². The summed E-state index contributed by atoms with van der Waals surface area (Å²) in [4.78, 5) is 13.1. The maximum absolute atomic E-state index is 10.2. The molecule has 8 nitrogen and oxygen atoms in total. The molecule has 0 spiro atoms. The van der Waals surface area contributed by atoms with Gasteiger partial charge in [-0.1, -0.05) is 30.3 Å². The van der Waals surface area contributed by atoms with E-state index in [0.717, 1.165) is 41.4 Å². The van der Waals surface area contributed by atoms with Gasteiger partial charge in [0.25, 0.3) is 0 Å². The number of aromatic nitrogens is 4. The van der Waals surface area contributed by atoms with Crippen LogP contribution in [0.25, 0.3) is 11.3 Å². The zero-order valence-electron chi connectivity index (χ0n) is 16.8. The number of rotatable bonds is 7. The van der Waals surface area contributed by atoms with Crippen LogP contribution in [0.15, 0.2) is 48.9 Å². The fourth-order valence-corrected chi connectivity index (χ4v) is 3.85. The molecule has 3 aromatic rings. The minimum Gasteiger partial charge on any atom is -0.391 e. The van der Waals surface area contributed by atoms with Crippen molar-refractivity contribution in [1.82, 2.24) is 25.1 Å². The minimum absolute atomic E-state index is 0.237. The number of β-amino-alcohol motifs (C(OH)–C–C–N with tert-alkyl or cyclic N) is 1. The van der Waals surface area contributed by atoms with Crippen molar-refractivity contribution in [2.45, 2.75) is 25.1 Å². The highest BCUT2D eigenvalue weighted by atomic mass is 16.3. The smallest absolute Gasteiger partial charge is 0.134 e. The van der Waals surface area contributed by atoms with Gasteiger partial charge in [0.05, 0.1) is 18.0 Å². The molecular weight excluding hydrogens is 366 g/mol. The highest BCUT2D eigenvalue weighted by molar-refractivity contribution is 5.63. The number of hydrogen-bond acceptors (Lipinski definition) is 7. The van der Waals surface area contributed by atoms with Gasteiger partial charge in [0.2, 0.25) is 0 Å². The van der Waals surface area contributed by atoms with E-state index in [1.54, 1.807) is 6.33 Å². The lowest BCUT2D eigenvalue weighted by Crippen LogP contribution is -2.38. The van der Waals surface area contributed by atoms with Gasteiger partial charge in [0.1, 0.15) is 18.0 Å². The molecule has 3 N–H and O–H groups in total. The normalized spacial score (nSPS) is 19.1. The number of hydrogen-bond donors (Lipinski definition) is 3. The van der Waals surface area contributed by atoms with Crippen LogP contribution in [-0.4, -0.2) is 69.5 Å². The van der Waals surface area contributed by atoms with E-state index >= 15 is 0 Å². The van der Waals surface area contributed by atoms with Gasteiger partial charge in [0.15, 0.2) is 0 Å². The first-order chi connectivity index (χ1) is 14.1. The third-order valence-electron chi connectivity index (χ3n) is 5.16. The van der Waals surface area contributed by atoms with Crippen molar-refractivity contribution in [3.05, 3.63) is 54.5 Å². The molecule has 0 unspecified atom stereocenters. The first kappa shape index (κ1) is 19.4. The molecule has 2 atom stereocenters. The Morgan fingerprint density at radius 2 is 2.07 bits per heavy atom. The molecule has 152 valence electrons. The van der Waals surface area contributed by atoms with Gasteiger partial charge in [-0.3, -0.25) is 5.10 Å². The average molecular weight is 393 g/mol. The first-order valence-electron chi connectivity index (χ1n) is 9.83. The van der Waals surface area contributed by atoms with E-state index in [0.29, 0.717) is 13.1 Å². The van der Waals surface area contributed by atoms with Crippen LogP contribution in [0.5, 0.6) is 0 Å². The van der Waals surface area contributed by atoms with Crippen LogP contribution in [0, 0.1) is 0 Å². The summed E-state index contributed by atoms with van der Waals surface area (Å²) in [7, 11) is 4.09. The molecule has 0 bridgehead atoms. The Bertz CT molecular complexity index is 928. The highest BCUT2D eigenvalue weighted by Crippen LogP contribution is 2.26. The molecular formula is C21H27N7O. The van der Waals surface area contributed by atoms with E-state index in [4.69, 9.17) is 0 Å². The van der Waals surface area contributed by atoms with Gasteiger partial charge in [-0.05, 0) is 26.1 Å². The summed E-state index contributed by atoms with van der Waals surface area (Å²) in [5, 5.41) is 20.8. The quantitative estimate of drug-likeness (QED) is 0.565. The summed E-state index contributed by atoms with van der Waals surface area (Å²) >= 11 is 0. The van der Waals surface area contributed by atoms with Crippen molar-refractivity contribution >= 4 is 11.6 Å². The van der Waals surface area contributed by atoms with Crippen LogP contribution in [0.4, 0.5) is 11.6 Å². The molecule has 1 fully saturated rings. The Morgan fingerprint density at radius 1 is 1.24 bits per heavy atom. The van der Waals surface area contributed by atoms with Crippen LogP contribution in [0.2, 0.25) is 0 Å². The Morgan fingerprint density at radius 3 is 2.86 bits per heavy atom. The van der Waals surface area contributed by atoms with Crippen LogP contribution < -0.4 is 10.2 Å². The number of nitrogens with one attached hydrogen (secondary N) is 2. The second-order valence-corrected chi connectivity index (χ2v) is 7.71. The molecule has 0 saturated carbocycles. The third kappa shape index (κ3) is 4.55. The SMILES string of the molecule is CN(C)C[C@H]1C[C@@H](O)CN1c1cc(NCc2cn[nH]c2-c2ccccc2)ncn1. The van der Waals surface area contributed by atoms with Crippen LogP contribution >= 0.6 is 0 Å². The van der Waals surface area contributed by atoms with E-state index in [2.05, 4.69) is 47.4 Å². The van der Waals surface area contributed by atoms with Crippen molar-refractivity contribution in [3.63, 3.8) is 0 Å². The predicted molar refractivity (Wildman–Crippen MR) is 114 cm³/mol. The number of aliphatic hydroxyl groups is 1. The van der Waals surface area contributed by atoms with Gasteiger partial charge in [-0.2, -0.15) is 5.10 Å². The molecule has 0 amide bonds. The van der Waals surface area contributed by atoms with Gasteiger partial charge in [0, 0.05) is 37.3 Å². The lowest BCUT2D eigenvalue weighted by atomic mass is 10.1. The molecule has 1 saturated heterocycles. The van der Waals surface area contributed by atoms with E-state index in [1.165, 1.54) is 0 Å². The van der Waals surface area contributed by atoms with Gasteiger partial charge in [-0.25, -0.2) is 9.97 Å². The Labute approximate surface area is 170 Å². The fraction of sp³-hybridized carbons (Fsp3) is 0.381. The standard InChI is InChI=1S/C21H27N7O/c1-27(2)12-17-8-18(29)13-28(17)20-9-19(23-14-24-20)22-10-16-11-25-26-21(16)15-6-4-3-5-7-15/h3-7,9,11,14,17-18,29H,8,10,12-13H2,1-2H3,(H,25,26)(H,22,23,24)/t17-,18-/m1/s1. The predicted octanol–water partition coefficient (Wildman–Crippen LogP) is 1.98. The summed E-state index contributed by atoms with van der Waals surface area (Å²) in [6.45, 7) is 2.06. The molecule has 1 aromatic carbocycles. The van der Waals surface area contributed by atoms with Gasteiger partial charge in [-0.15, -0.1) is 0 Å². The number of aromatic amines is 1. The van der Waals surface area contributed by atoms with E-state index in [-0.39, 0.29) is 12.1 Å². The number of benzene rings is 1. The zero-order valence-corrected chi connectivity index (χ0v) is 16.8. The average Bonchev–Trinajstić information content (AvgIpc) is 3.33. The molecule has 0 aliphatic carbocycles. The topological polar surface area (TPSA) is 93.2 Å². The van der Waals surface area contributed by atoms with E-state index < -0.39 is 0 Å². The lowest BCUT2D eigenvalue weighted by molar-refractivity contribution is 0.191. The Balaban J connectivity index is 1.47. The molecule has 0 radical (unpaired) electrons. The number of likely N-dealkylation sites (N-methyl/N-ethyl adjacent to an activating group) is 1.